The van der Waals surface area contributed by atoms with Crippen molar-refractivity contribution >= 4 is 11.9 Å². The Kier molecular flexibility index (Phi) is 5.08. The van der Waals surface area contributed by atoms with Crippen LogP contribution in [-0.4, -0.2) is 67.6 Å². The average Bonchev–Trinajstić information content (AvgIpc) is 2.98. The smallest absolute Gasteiger partial charge is 0.317 e. The molecule has 0 aromatic heterocycles. The third-order valence-electron chi connectivity index (χ3n) is 4.90. The Labute approximate surface area is 127 Å². The van der Waals surface area contributed by atoms with Crippen LogP contribution in [0.2, 0.25) is 0 Å². The first-order valence-electron chi connectivity index (χ1n) is 8.04. The minimum atomic E-state index is -0.256. The number of carbonyl (C=O) groups excluding carboxylic acids is 2. The minimum Gasteiger partial charge on any atom is -0.339 e. The van der Waals surface area contributed by atoms with Gasteiger partial charge in [0, 0.05) is 39.3 Å². The fourth-order valence-electron chi connectivity index (χ4n) is 3.32. The van der Waals surface area contributed by atoms with Crippen molar-refractivity contribution in [1.29, 1.82) is 0 Å². The normalized spacial score (nSPS) is 26.3. The summed E-state index contributed by atoms with van der Waals surface area (Å²) in [4.78, 5) is 28.5. The van der Waals surface area contributed by atoms with Crippen molar-refractivity contribution in [2.45, 2.75) is 27.2 Å². The van der Waals surface area contributed by atoms with Gasteiger partial charge < -0.3 is 20.4 Å². The van der Waals surface area contributed by atoms with Crippen molar-refractivity contribution in [2.24, 2.45) is 11.3 Å². The summed E-state index contributed by atoms with van der Waals surface area (Å²) < 4.78 is 0. The molecule has 3 amide bonds. The standard InChI is InChI=1S/C15H28N4O2/c1-4-17-14(21)19-9-7-18(8-10-19)13(20)15(12(2)3)5-6-16-11-15/h12,16H,4-11H2,1-3H3,(H,17,21). The molecule has 2 heterocycles. The number of urea groups is 1. The van der Waals surface area contributed by atoms with Gasteiger partial charge in [-0.1, -0.05) is 13.8 Å². The van der Waals surface area contributed by atoms with Crippen molar-refractivity contribution in [3.8, 4) is 0 Å². The lowest BCUT2D eigenvalue weighted by Crippen LogP contribution is -2.57. The van der Waals surface area contributed by atoms with Gasteiger partial charge >= 0.3 is 6.03 Å². The van der Waals surface area contributed by atoms with Gasteiger partial charge in [-0.2, -0.15) is 0 Å². The Balaban J connectivity index is 1.95. The molecule has 0 spiro atoms. The summed E-state index contributed by atoms with van der Waals surface area (Å²) in [5, 5.41) is 6.15. The predicted octanol–water partition coefficient (Wildman–Crippen LogP) is 0.496. The van der Waals surface area contributed by atoms with Crippen molar-refractivity contribution < 1.29 is 9.59 Å². The Hall–Kier alpha value is -1.30. The summed E-state index contributed by atoms with van der Waals surface area (Å²) in [7, 11) is 0. The van der Waals surface area contributed by atoms with E-state index in [0.29, 0.717) is 38.6 Å². The molecule has 6 heteroatoms. The first kappa shape index (κ1) is 16.1. The molecule has 0 aromatic rings. The van der Waals surface area contributed by atoms with E-state index in [1.807, 2.05) is 11.8 Å². The second-order valence-electron chi connectivity index (χ2n) is 6.35. The average molecular weight is 296 g/mol. The van der Waals surface area contributed by atoms with E-state index in [1.165, 1.54) is 0 Å². The van der Waals surface area contributed by atoms with E-state index >= 15 is 0 Å². The molecule has 6 nitrogen and oxygen atoms in total. The van der Waals surface area contributed by atoms with Crippen molar-refractivity contribution in [3.63, 3.8) is 0 Å². The van der Waals surface area contributed by atoms with Gasteiger partial charge in [0.1, 0.15) is 0 Å². The summed E-state index contributed by atoms with van der Waals surface area (Å²) in [5.41, 5.74) is -0.256. The third-order valence-corrected chi connectivity index (χ3v) is 4.90. The van der Waals surface area contributed by atoms with Gasteiger partial charge in [0.25, 0.3) is 0 Å². The Morgan fingerprint density at radius 2 is 1.81 bits per heavy atom. The summed E-state index contributed by atoms with van der Waals surface area (Å²) in [6.07, 6.45) is 0.917. The van der Waals surface area contributed by atoms with Crippen LogP contribution in [-0.2, 0) is 4.79 Å². The molecule has 2 fully saturated rings. The van der Waals surface area contributed by atoms with Gasteiger partial charge in [0.15, 0.2) is 0 Å². The summed E-state index contributed by atoms with van der Waals surface area (Å²) >= 11 is 0. The number of nitrogens with one attached hydrogen (secondary N) is 2. The lowest BCUT2D eigenvalue weighted by atomic mass is 9.75. The molecule has 120 valence electrons. The first-order valence-corrected chi connectivity index (χ1v) is 8.04. The van der Waals surface area contributed by atoms with Crippen LogP contribution in [0.1, 0.15) is 27.2 Å². The fraction of sp³-hybridized carbons (Fsp3) is 0.867. The number of piperazine rings is 1. The van der Waals surface area contributed by atoms with Crippen molar-refractivity contribution in [1.82, 2.24) is 20.4 Å². The second-order valence-corrected chi connectivity index (χ2v) is 6.35. The minimum absolute atomic E-state index is 0.0225. The van der Waals surface area contributed by atoms with Gasteiger partial charge in [-0.25, -0.2) is 4.79 Å². The number of rotatable bonds is 3. The number of amides is 3. The van der Waals surface area contributed by atoms with Gasteiger partial charge in [-0.3, -0.25) is 4.79 Å². The number of nitrogens with zero attached hydrogens (tertiary/aromatic N) is 2. The van der Waals surface area contributed by atoms with Crippen LogP contribution < -0.4 is 10.6 Å². The summed E-state index contributed by atoms with van der Waals surface area (Å²) in [6.45, 7) is 11.1. The number of hydrogen-bond acceptors (Lipinski definition) is 3. The molecular weight excluding hydrogens is 268 g/mol. The maximum absolute atomic E-state index is 12.9. The zero-order valence-corrected chi connectivity index (χ0v) is 13.4. The highest BCUT2D eigenvalue weighted by Gasteiger charge is 2.46. The number of hydrogen-bond donors (Lipinski definition) is 2. The maximum Gasteiger partial charge on any atom is 0.317 e. The third kappa shape index (κ3) is 3.15. The highest BCUT2D eigenvalue weighted by Crippen LogP contribution is 2.36. The molecule has 2 N–H and O–H groups in total. The first-order chi connectivity index (χ1) is 10.0. The number of carbonyl (C=O) groups is 2. The second kappa shape index (κ2) is 6.64. The van der Waals surface area contributed by atoms with E-state index in [1.54, 1.807) is 4.90 Å². The van der Waals surface area contributed by atoms with E-state index in [9.17, 15) is 9.59 Å². The Morgan fingerprint density at radius 1 is 1.19 bits per heavy atom. The van der Waals surface area contributed by atoms with Gasteiger partial charge in [0.05, 0.1) is 5.41 Å². The van der Waals surface area contributed by atoms with Gasteiger partial charge in [-0.05, 0) is 25.8 Å². The van der Waals surface area contributed by atoms with E-state index in [0.717, 1.165) is 19.5 Å². The van der Waals surface area contributed by atoms with E-state index in [2.05, 4.69) is 24.5 Å². The molecule has 2 aliphatic rings. The summed E-state index contributed by atoms with van der Waals surface area (Å²) in [6, 6.07) is -0.0225. The topological polar surface area (TPSA) is 64.7 Å². The van der Waals surface area contributed by atoms with Crippen LogP contribution in [0, 0.1) is 11.3 Å². The van der Waals surface area contributed by atoms with Crippen LogP contribution >= 0.6 is 0 Å². The lowest BCUT2D eigenvalue weighted by molar-refractivity contribution is -0.145. The largest absolute Gasteiger partial charge is 0.339 e. The molecule has 1 unspecified atom stereocenters. The predicted molar refractivity (Wildman–Crippen MR) is 82.0 cm³/mol. The van der Waals surface area contributed by atoms with Crippen molar-refractivity contribution in [2.75, 3.05) is 45.8 Å². The summed E-state index contributed by atoms with van der Waals surface area (Å²) in [5.74, 6) is 0.597. The molecule has 0 bridgehead atoms. The molecule has 2 rings (SSSR count). The SMILES string of the molecule is CCNC(=O)N1CCN(C(=O)C2(C(C)C)CCNC2)CC1. The van der Waals surface area contributed by atoms with Crippen LogP contribution in [0.3, 0.4) is 0 Å². The quantitative estimate of drug-likeness (QED) is 0.797. The molecule has 2 saturated heterocycles. The molecule has 0 radical (unpaired) electrons. The molecule has 0 saturated carbocycles. The van der Waals surface area contributed by atoms with Crippen LogP contribution in [0.15, 0.2) is 0 Å². The molecule has 0 aromatic carbocycles. The lowest BCUT2D eigenvalue weighted by Gasteiger charge is -2.41. The molecule has 2 aliphatic heterocycles. The van der Waals surface area contributed by atoms with E-state index in [4.69, 9.17) is 0 Å². The maximum atomic E-state index is 12.9. The van der Waals surface area contributed by atoms with E-state index in [-0.39, 0.29) is 17.4 Å². The van der Waals surface area contributed by atoms with Crippen LogP contribution in [0.4, 0.5) is 4.79 Å². The van der Waals surface area contributed by atoms with Crippen LogP contribution in [0.5, 0.6) is 0 Å². The Bertz CT molecular complexity index is 383. The molecule has 1 atom stereocenters. The van der Waals surface area contributed by atoms with Gasteiger partial charge in [0.2, 0.25) is 5.91 Å². The molecule has 21 heavy (non-hydrogen) atoms. The Morgan fingerprint density at radius 3 is 2.29 bits per heavy atom. The van der Waals surface area contributed by atoms with Gasteiger partial charge in [-0.15, -0.1) is 0 Å². The monoisotopic (exact) mass is 296 g/mol. The highest BCUT2D eigenvalue weighted by molar-refractivity contribution is 5.84. The van der Waals surface area contributed by atoms with Crippen LogP contribution in [0.25, 0.3) is 0 Å². The molecule has 0 aliphatic carbocycles. The zero-order valence-electron chi connectivity index (χ0n) is 13.4. The zero-order chi connectivity index (χ0) is 15.5. The van der Waals surface area contributed by atoms with Crippen molar-refractivity contribution in [3.05, 3.63) is 0 Å². The van der Waals surface area contributed by atoms with E-state index < -0.39 is 0 Å². The molecular formula is C15H28N4O2. The fourth-order valence-corrected chi connectivity index (χ4v) is 3.32. The highest BCUT2D eigenvalue weighted by atomic mass is 16.2.